The van der Waals surface area contributed by atoms with Crippen molar-refractivity contribution in [2.75, 3.05) is 25.3 Å². The molecular formula is C21H24N5O5PS. The molecule has 1 aromatic carbocycles. The van der Waals surface area contributed by atoms with Gasteiger partial charge < -0.3 is 25.4 Å². The van der Waals surface area contributed by atoms with Crippen molar-refractivity contribution in [2.24, 2.45) is 4.76 Å². The van der Waals surface area contributed by atoms with Gasteiger partial charge in [-0.2, -0.15) is 21.2 Å². The molecule has 2 unspecified atom stereocenters. The van der Waals surface area contributed by atoms with Crippen LogP contribution in [-0.2, 0) is 20.4 Å². The highest BCUT2D eigenvalue weighted by molar-refractivity contribution is 7.66. The largest absolute Gasteiger partial charge is 0.505 e. The number of nitrogens with two attached hydrogens (primary N) is 1. The van der Waals surface area contributed by atoms with Gasteiger partial charge in [0.05, 0.1) is 17.1 Å². The molecule has 10 nitrogen and oxygen atoms in total. The van der Waals surface area contributed by atoms with Crippen LogP contribution in [0.1, 0.15) is 18.9 Å². The summed E-state index contributed by atoms with van der Waals surface area (Å²) in [4.78, 5) is 13.4. The number of ether oxygens (including phenoxy) is 1. The van der Waals surface area contributed by atoms with Gasteiger partial charge in [0.25, 0.3) is 5.56 Å². The van der Waals surface area contributed by atoms with Crippen molar-refractivity contribution in [3.05, 3.63) is 50.9 Å². The van der Waals surface area contributed by atoms with Crippen molar-refractivity contribution < 1.29 is 18.9 Å². The molecule has 2 aromatic heterocycles. The second kappa shape index (κ2) is 9.11. The van der Waals surface area contributed by atoms with Gasteiger partial charge in [-0.25, -0.2) is 4.68 Å². The first-order valence-electron chi connectivity index (χ1n) is 10.1. The Kier molecular flexibility index (Phi) is 6.40. The van der Waals surface area contributed by atoms with Crippen LogP contribution in [0.4, 0.5) is 11.4 Å². The number of fused-ring (bicyclic) bond motifs is 1. The SMILES string of the molecule is COC(C)CCn1nc(-c2ccsc2)c(O)c(C2=NP(=O)(OC)c3cc(N)ccc3N2)c1=O. The Morgan fingerprint density at radius 3 is 2.79 bits per heavy atom. The molecule has 174 valence electrons. The second-order valence-corrected chi connectivity index (χ2v) is 10.4. The lowest BCUT2D eigenvalue weighted by molar-refractivity contribution is 0.105. The predicted octanol–water partition coefficient (Wildman–Crippen LogP) is 3.02. The Balaban J connectivity index is 1.91. The van der Waals surface area contributed by atoms with E-state index in [9.17, 15) is 14.5 Å². The summed E-state index contributed by atoms with van der Waals surface area (Å²) in [5.74, 6) is -0.422. The van der Waals surface area contributed by atoms with E-state index in [1.54, 1.807) is 25.3 Å². The quantitative estimate of drug-likeness (QED) is 0.340. The van der Waals surface area contributed by atoms with Gasteiger partial charge in [-0.1, -0.05) is 0 Å². The summed E-state index contributed by atoms with van der Waals surface area (Å²) in [6, 6.07) is 6.56. The normalized spacial score (nSPS) is 18.3. The average molecular weight is 489 g/mol. The minimum absolute atomic E-state index is 0.0626. The van der Waals surface area contributed by atoms with Crippen LogP contribution < -0.4 is 21.9 Å². The molecule has 0 saturated carbocycles. The number of rotatable bonds is 7. The van der Waals surface area contributed by atoms with Gasteiger partial charge in [-0.05, 0) is 43.0 Å². The lowest BCUT2D eigenvalue weighted by atomic mass is 10.1. The van der Waals surface area contributed by atoms with Gasteiger partial charge >= 0.3 is 7.52 Å². The zero-order chi connectivity index (χ0) is 23.8. The minimum Gasteiger partial charge on any atom is -0.505 e. The van der Waals surface area contributed by atoms with Crippen LogP contribution in [0.15, 0.2) is 44.6 Å². The Morgan fingerprint density at radius 1 is 1.33 bits per heavy atom. The third-order valence-electron chi connectivity index (χ3n) is 5.37. The highest BCUT2D eigenvalue weighted by Crippen LogP contribution is 2.51. The number of nitrogen functional groups attached to an aromatic ring is 1. The van der Waals surface area contributed by atoms with E-state index < -0.39 is 13.1 Å². The fourth-order valence-corrected chi connectivity index (χ4v) is 5.61. The summed E-state index contributed by atoms with van der Waals surface area (Å²) in [6.45, 7) is 2.14. The van der Waals surface area contributed by atoms with Gasteiger partial charge in [-0.15, -0.1) is 0 Å². The van der Waals surface area contributed by atoms with Gasteiger partial charge in [0, 0.05) is 37.4 Å². The molecule has 4 N–H and O–H groups in total. The van der Waals surface area contributed by atoms with E-state index in [-0.39, 0.29) is 40.8 Å². The molecule has 1 aliphatic rings. The van der Waals surface area contributed by atoms with E-state index in [2.05, 4.69) is 15.2 Å². The number of thiophene rings is 1. The van der Waals surface area contributed by atoms with E-state index in [1.165, 1.54) is 29.2 Å². The van der Waals surface area contributed by atoms with Crippen LogP contribution >= 0.6 is 18.9 Å². The van der Waals surface area contributed by atoms with Crippen molar-refractivity contribution in [1.82, 2.24) is 9.78 Å². The third kappa shape index (κ3) is 4.32. The number of amidine groups is 1. The number of nitrogens with one attached hydrogen (secondary N) is 1. The molecule has 1 aliphatic heterocycles. The summed E-state index contributed by atoms with van der Waals surface area (Å²) < 4.78 is 29.6. The van der Waals surface area contributed by atoms with E-state index in [4.69, 9.17) is 15.0 Å². The number of aromatic hydroxyl groups is 1. The third-order valence-corrected chi connectivity index (χ3v) is 7.99. The molecule has 0 spiro atoms. The lowest BCUT2D eigenvalue weighted by Crippen LogP contribution is -2.35. The Morgan fingerprint density at radius 2 is 2.12 bits per heavy atom. The number of anilines is 2. The fraction of sp³-hybridized carbons (Fsp3) is 0.286. The molecule has 33 heavy (non-hydrogen) atoms. The van der Waals surface area contributed by atoms with Gasteiger partial charge in [0.15, 0.2) is 11.6 Å². The van der Waals surface area contributed by atoms with Crippen molar-refractivity contribution in [2.45, 2.75) is 26.0 Å². The molecule has 3 heterocycles. The summed E-state index contributed by atoms with van der Waals surface area (Å²) in [5, 5.41) is 22.5. The molecule has 2 atom stereocenters. The number of hydrogen-bond donors (Lipinski definition) is 3. The van der Waals surface area contributed by atoms with Crippen LogP contribution in [0, 0.1) is 0 Å². The molecule has 0 saturated heterocycles. The lowest BCUT2D eigenvalue weighted by Gasteiger charge is -2.25. The number of nitrogens with zero attached hydrogens (tertiary/aromatic N) is 3. The number of methoxy groups -OCH3 is 1. The summed E-state index contributed by atoms with van der Waals surface area (Å²) in [6.07, 6.45) is 0.423. The molecule has 4 rings (SSSR count). The molecule has 0 aliphatic carbocycles. The van der Waals surface area contributed by atoms with Crippen LogP contribution in [0.5, 0.6) is 5.75 Å². The predicted molar refractivity (Wildman–Crippen MR) is 130 cm³/mol. The number of aromatic nitrogens is 2. The topological polar surface area (TPSA) is 141 Å². The van der Waals surface area contributed by atoms with E-state index >= 15 is 0 Å². The molecule has 0 fully saturated rings. The molecule has 0 bridgehead atoms. The maximum atomic E-state index is 13.5. The number of benzene rings is 1. The summed E-state index contributed by atoms with van der Waals surface area (Å²) >= 11 is 1.43. The van der Waals surface area contributed by atoms with E-state index in [0.717, 1.165) is 0 Å². The summed E-state index contributed by atoms with van der Waals surface area (Å²) in [7, 11) is -0.889. The monoisotopic (exact) mass is 489 g/mol. The molecular weight excluding hydrogens is 465 g/mol. The zero-order valence-electron chi connectivity index (χ0n) is 18.3. The Labute approximate surface area is 194 Å². The van der Waals surface area contributed by atoms with E-state index in [1.807, 2.05) is 17.7 Å². The van der Waals surface area contributed by atoms with E-state index in [0.29, 0.717) is 23.4 Å². The van der Waals surface area contributed by atoms with Gasteiger partial charge in [0.2, 0.25) is 0 Å². The van der Waals surface area contributed by atoms with Gasteiger partial charge in [-0.3, -0.25) is 9.36 Å². The van der Waals surface area contributed by atoms with Crippen LogP contribution in [0.2, 0.25) is 0 Å². The first-order valence-corrected chi connectivity index (χ1v) is 12.6. The highest BCUT2D eigenvalue weighted by atomic mass is 32.1. The fourth-order valence-electron chi connectivity index (χ4n) is 3.42. The second-order valence-electron chi connectivity index (χ2n) is 7.50. The van der Waals surface area contributed by atoms with Crippen molar-refractivity contribution in [1.29, 1.82) is 0 Å². The maximum absolute atomic E-state index is 13.5. The standard InChI is InChI=1S/C21H24N5O5PS/c1-12(30-2)6-8-26-21(28)17(19(27)18(24-26)13-7-9-33-11-13)20-23-15-5-4-14(22)10-16(15)32(29,25-20)31-3/h4-5,7,9-12,27H,6,8,22H2,1-3H3,(H,23,25,29). The molecule has 0 amide bonds. The van der Waals surface area contributed by atoms with Crippen LogP contribution in [0.25, 0.3) is 11.3 Å². The van der Waals surface area contributed by atoms with Crippen molar-refractivity contribution in [3.63, 3.8) is 0 Å². The van der Waals surface area contributed by atoms with Crippen molar-refractivity contribution >= 4 is 41.4 Å². The van der Waals surface area contributed by atoms with Crippen LogP contribution in [0.3, 0.4) is 0 Å². The maximum Gasteiger partial charge on any atom is 0.348 e. The molecule has 0 radical (unpaired) electrons. The summed E-state index contributed by atoms with van der Waals surface area (Å²) in [5.41, 5.74) is 6.81. The average Bonchev–Trinajstić information content (AvgIpc) is 3.33. The Bertz CT molecular complexity index is 1320. The first kappa shape index (κ1) is 23.2. The minimum atomic E-state index is -3.75. The smallest absolute Gasteiger partial charge is 0.348 e. The number of aryl methyl sites for hydroxylation is 1. The Hall–Kier alpha value is -2.98. The molecule has 3 aromatic rings. The number of hydrogen-bond acceptors (Lipinski definition) is 9. The van der Waals surface area contributed by atoms with Crippen molar-refractivity contribution in [3.8, 4) is 17.0 Å². The molecule has 12 heteroatoms. The zero-order valence-corrected chi connectivity index (χ0v) is 20.0. The van der Waals surface area contributed by atoms with Gasteiger partial charge in [0.1, 0.15) is 11.3 Å². The first-order chi connectivity index (χ1) is 15.8. The highest BCUT2D eigenvalue weighted by Gasteiger charge is 2.35. The van der Waals surface area contributed by atoms with Crippen LogP contribution in [-0.4, -0.2) is 41.0 Å².